The van der Waals surface area contributed by atoms with Crippen molar-refractivity contribution < 1.29 is 8.81 Å². The summed E-state index contributed by atoms with van der Waals surface area (Å²) in [5.41, 5.74) is 1.68. The number of guanidine groups is 1. The highest BCUT2D eigenvalue weighted by Gasteiger charge is 2.10. The number of nitrogens with zero attached hydrogens (tertiary/aromatic N) is 3. The van der Waals surface area contributed by atoms with Crippen LogP contribution in [0.1, 0.15) is 11.3 Å². The molecule has 0 spiro atoms. The lowest BCUT2D eigenvalue weighted by molar-refractivity contribution is 0.474. The van der Waals surface area contributed by atoms with Crippen molar-refractivity contribution >= 4 is 41.3 Å². The monoisotopic (exact) mass is 486 g/mol. The molecule has 138 valence electrons. The van der Waals surface area contributed by atoms with E-state index in [1.807, 2.05) is 35.5 Å². The number of hydrogen-bond donors (Lipinski definition) is 1. The molecule has 0 saturated carbocycles. The molecule has 3 aromatic rings. The highest BCUT2D eigenvalue weighted by atomic mass is 127. The molecule has 2 aromatic heterocycles. The van der Waals surface area contributed by atoms with E-state index in [2.05, 4.69) is 15.3 Å². The van der Waals surface area contributed by atoms with Crippen LogP contribution in [0.15, 0.2) is 57.5 Å². The second-order valence-corrected chi connectivity index (χ2v) is 6.46. The number of hydrogen-bond acceptors (Lipinski definition) is 4. The highest BCUT2D eigenvalue weighted by Crippen LogP contribution is 2.23. The lowest BCUT2D eigenvalue weighted by Gasteiger charge is -2.21. The maximum Gasteiger partial charge on any atom is 0.236 e. The average Bonchev–Trinajstić information content (AvgIpc) is 3.27. The van der Waals surface area contributed by atoms with Gasteiger partial charge in [0.25, 0.3) is 0 Å². The second kappa shape index (κ2) is 9.67. The first-order valence-corrected chi connectivity index (χ1v) is 8.68. The van der Waals surface area contributed by atoms with Crippen LogP contribution >= 0.6 is 35.3 Å². The topological polar surface area (TPSA) is 53.7 Å². The van der Waals surface area contributed by atoms with Gasteiger partial charge < -0.3 is 14.6 Å². The van der Waals surface area contributed by atoms with E-state index in [0.29, 0.717) is 24.9 Å². The fourth-order valence-electron chi connectivity index (χ4n) is 2.44. The first kappa shape index (κ1) is 20.4. The molecule has 0 aliphatic rings. The molecule has 0 amide bonds. The van der Waals surface area contributed by atoms with Gasteiger partial charge in [-0.15, -0.1) is 35.3 Å². The van der Waals surface area contributed by atoms with Gasteiger partial charge in [-0.25, -0.2) is 9.37 Å². The fraction of sp³-hybridized carbons (Fsp3) is 0.222. The standard InChI is InChI=1S/C18H19FN4OS.HI/c1-20-18(23(2)11-13-5-3-6-14(19)9-13)21-10-15-12-24-17(22-15)16-7-4-8-25-16;/h3-9,12H,10-11H2,1-2H3,(H,20,21);1H. The minimum absolute atomic E-state index is 0. The van der Waals surface area contributed by atoms with Crippen LogP contribution in [0, 0.1) is 5.82 Å². The third-order valence-corrected chi connectivity index (χ3v) is 4.45. The Kier molecular flexibility index (Phi) is 7.58. The Hall–Kier alpha value is -1.94. The van der Waals surface area contributed by atoms with Gasteiger partial charge in [0.05, 0.1) is 17.1 Å². The van der Waals surface area contributed by atoms with Crippen molar-refractivity contribution in [1.29, 1.82) is 0 Å². The molecule has 0 atom stereocenters. The van der Waals surface area contributed by atoms with Crippen LogP contribution in [0.5, 0.6) is 0 Å². The van der Waals surface area contributed by atoms with Crippen LogP contribution in [0.3, 0.4) is 0 Å². The maximum atomic E-state index is 13.3. The summed E-state index contributed by atoms with van der Waals surface area (Å²) in [6.45, 7) is 1.05. The van der Waals surface area contributed by atoms with Crippen LogP contribution in [0.25, 0.3) is 10.8 Å². The van der Waals surface area contributed by atoms with Gasteiger partial charge in [0.1, 0.15) is 12.1 Å². The molecule has 0 unspecified atom stereocenters. The zero-order valence-corrected chi connectivity index (χ0v) is 17.6. The first-order valence-electron chi connectivity index (χ1n) is 7.80. The highest BCUT2D eigenvalue weighted by molar-refractivity contribution is 14.0. The Labute approximate surface area is 173 Å². The summed E-state index contributed by atoms with van der Waals surface area (Å²) >= 11 is 1.59. The van der Waals surface area contributed by atoms with E-state index >= 15 is 0 Å². The molecule has 26 heavy (non-hydrogen) atoms. The summed E-state index contributed by atoms with van der Waals surface area (Å²) in [6, 6.07) is 10.5. The van der Waals surface area contributed by atoms with Crippen molar-refractivity contribution in [3.63, 3.8) is 0 Å². The third-order valence-electron chi connectivity index (χ3n) is 3.59. The Bertz CT molecular complexity index is 851. The summed E-state index contributed by atoms with van der Waals surface area (Å²) in [5, 5.41) is 5.23. The molecule has 2 heterocycles. The summed E-state index contributed by atoms with van der Waals surface area (Å²) in [6.07, 6.45) is 1.64. The molecule has 8 heteroatoms. The maximum absolute atomic E-state index is 13.3. The number of oxazole rings is 1. The number of halogens is 2. The molecule has 1 aromatic carbocycles. The molecule has 0 radical (unpaired) electrons. The van der Waals surface area contributed by atoms with E-state index in [9.17, 15) is 4.39 Å². The van der Waals surface area contributed by atoms with Crippen molar-refractivity contribution in [3.8, 4) is 10.8 Å². The molecule has 1 N–H and O–H groups in total. The van der Waals surface area contributed by atoms with Crippen molar-refractivity contribution in [1.82, 2.24) is 15.2 Å². The zero-order chi connectivity index (χ0) is 17.6. The van der Waals surface area contributed by atoms with Gasteiger partial charge in [0.15, 0.2) is 5.96 Å². The minimum atomic E-state index is -0.238. The fourth-order valence-corrected chi connectivity index (χ4v) is 3.10. The second-order valence-electron chi connectivity index (χ2n) is 5.51. The van der Waals surface area contributed by atoms with Gasteiger partial charge in [-0.2, -0.15) is 0 Å². The van der Waals surface area contributed by atoms with Crippen molar-refractivity contribution in [2.75, 3.05) is 14.1 Å². The summed E-state index contributed by atoms with van der Waals surface area (Å²) in [7, 11) is 3.62. The Morgan fingerprint density at radius 2 is 2.19 bits per heavy atom. The molecule has 0 fully saturated rings. The van der Waals surface area contributed by atoms with Gasteiger partial charge in [-0.3, -0.25) is 4.99 Å². The van der Waals surface area contributed by atoms with Crippen LogP contribution in [-0.2, 0) is 13.1 Å². The molecule has 0 aliphatic carbocycles. The van der Waals surface area contributed by atoms with Crippen LogP contribution < -0.4 is 5.32 Å². The summed E-state index contributed by atoms with van der Waals surface area (Å²) < 4.78 is 18.8. The van der Waals surface area contributed by atoms with Gasteiger partial charge >= 0.3 is 0 Å². The van der Waals surface area contributed by atoms with Crippen molar-refractivity contribution in [2.45, 2.75) is 13.1 Å². The summed E-state index contributed by atoms with van der Waals surface area (Å²) in [5.74, 6) is 1.08. The molecule has 5 nitrogen and oxygen atoms in total. The van der Waals surface area contributed by atoms with E-state index in [-0.39, 0.29) is 29.8 Å². The molecule has 0 saturated heterocycles. The van der Waals surface area contributed by atoms with Crippen molar-refractivity contribution in [3.05, 3.63) is 65.1 Å². The molecule has 0 bridgehead atoms. The SMILES string of the molecule is CN=C(NCc1coc(-c2cccs2)n1)N(C)Cc1cccc(F)c1.I. The Balaban J connectivity index is 0.00000243. The summed E-state index contributed by atoms with van der Waals surface area (Å²) in [4.78, 5) is 11.7. The molecular formula is C18H20FIN4OS. The predicted octanol–water partition coefficient (Wildman–Crippen LogP) is 4.37. The number of rotatable bonds is 5. The largest absolute Gasteiger partial charge is 0.443 e. The normalized spacial score (nSPS) is 11.1. The van der Waals surface area contributed by atoms with Crippen LogP contribution in [0.2, 0.25) is 0 Å². The van der Waals surface area contributed by atoms with E-state index in [0.717, 1.165) is 16.1 Å². The number of nitrogens with one attached hydrogen (secondary N) is 1. The average molecular weight is 486 g/mol. The number of aromatic nitrogens is 1. The third kappa shape index (κ3) is 5.28. The van der Waals surface area contributed by atoms with Gasteiger partial charge in [-0.1, -0.05) is 18.2 Å². The predicted molar refractivity (Wildman–Crippen MR) is 113 cm³/mol. The lowest BCUT2D eigenvalue weighted by Crippen LogP contribution is -2.38. The molecular weight excluding hydrogens is 466 g/mol. The zero-order valence-electron chi connectivity index (χ0n) is 14.5. The van der Waals surface area contributed by atoms with Gasteiger partial charge in [0.2, 0.25) is 5.89 Å². The minimum Gasteiger partial charge on any atom is -0.443 e. The first-order chi connectivity index (χ1) is 12.2. The van der Waals surface area contributed by atoms with E-state index < -0.39 is 0 Å². The van der Waals surface area contributed by atoms with Crippen molar-refractivity contribution in [2.24, 2.45) is 4.99 Å². The van der Waals surface area contributed by atoms with E-state index in [1.54, 1.807) is 30.7 Å². The quantitative estimate of drug-likeness (QED) is 0.331. The number of benzene rings is 1. The number of aliphatic imine (C=N–C) groups is 1. The van der Waals surface area contributed by atoms with Gasteiger partial charge in [-0.05, 0) is 29.1 Å². The number of thiophene rings is 1. The lowest BCUT2D eigenvalue weighted by atomic mass is 10.2. The van der Waals surface area contributed by atoms with Crippen LogP contribution in [0.4, 0.5) is 4.39 Å². The molecule has 3 rings (SSSR count). The Morgan fingerprint density at radius 3 is 2.88 bits per heavy atom. The Morgan fingerprint density at radius 1 is 1.35 bits per heavy atom. The van der Waals surface area contributed by atoms with E-state index in [1.165, 1.54) is 12.1 Å². The molecule has 0 aliphatic heterocycles. The van der Waals surface area contributed by atoms with Crippen LogP contribution in [-0.4, -0.2) is 29.9 Å². The smallest absolute Gasteiger partial charge is 0.236 e. The van der Waals surface area contributed by atoms with E-state index in [4.69, 9.17) is 4.42 Å². The van der Waals surface area contributed by atoms with Gasteiger partial charge in [0, 0.05) is 20.6 Å².